The molecule has 0 aromatic rings. The Morgan fingerprint density at radius 1 is 1.56 bits per heavy atom. The van der Waals surface area contributed by atoms with E-state index in [-0.39, 0.29) is 5.97 Å². The molecule has 0 aromatic heterocycles. The topological polar surface area (TPSA) is 52.6 Å². The van der Waals surface area contributed by atoms with Crippen LogP contribution in [-0.2, 0) is 19.1 Å². The van der Waals surface area contributed by atoms with E-state index in [1.54, 1.807) is 0 Å². The number of esters is 2. The van der Waals surface area contributed by atoms with Crippen LogP contribution in [0.25, 0.3) is 0 Å². The zero-order valence-electron chi connectivity index (χ0n) is 10.6. The summed E-state index contributed by atoms with van der Waals surface area (Å²) >= 11 is 0. The normalized spacial score (nSPS) is 24.1. The van der Waals surface area contributed by atoms with Gasteiger partial charge in [0, 0.05) is 5.41 Å². The first-order chi connectivity index (χ1) is 7.20. The van der Waals surface area contributed by atoms with Crippen LogP contribution in [0.5, 0.6) is 0 Å². The Kier molecular flexibility index (Phi) is 3.31. The monoisotopic (exact) mass is 228 g/mol. The first kappa shape index (κ1) is 13.0. The maximum atomic E-state index is 11.9. The van der Waals surface area contributed by atoms with Crippen LogP contribution in [0.1, 0.15) is 41.0 Å². The predicted octanol–water partition coefficient (Wildman–Crippen LogP) is 1.92. The highest BCUT2D eigenvalue weighted by Gasteiger charge is 2.47. The Morgan fingerprint density at radius 2 is 2.12 bits per heavy atom. The first-order valence-electron chi connectivity index (χ1n) is 5.58. The van der Waals surface area contributed by atoms with Gasteiger partial charge in [-0.3, -0.25) is 4.79 Å². The summed E-state index contributed by atoms with van der Waals surface area (Å²) < 4.78 is 10.2. The molecule has 16 heavy (non-hydrogen) atoms. The molecule has 0 radical (unpaired) electrons. The molecule has 1 heterocycles. The van der Waals surface area contributed by atoms with E-state index >= 15 is 0 Å². The van der Waals surface area contributed by atoms with Gasteiger partial charge in [-0.25, -0.2) is 4.79 Å². The molecule has 1 aliphatic heterocycles. The number of rotatable bonds is 3. The summed E-state index contributed by atoms with van der Waals surface area (Å²) in [6.07, 6.45) is -0.0978. The van der Waals surface area contributed by atoms with Gasteiger partial charge >= 0.3 is 11.9 Å². The average Bonchev–Trinajstić information content (AvgIpc) is 2.44. The third-order valence-electron chi connectivity index (χ3n) is 3.17. The van der Waals surface area contributed by atoms with Gasteiger partial charge in [-0.2, -0.15) is 0 Å². The summed E-state index contributed by atoms with van der Waals surface area (Å²) in [5.41, 5.74) is -0.991. The van der Waals surface area contributed by atoms with Crippen LogP contribution < -0.4 is 0 Å². The van der Waals surface area contributed by atoms with Crippen molar-refractivity contribution in [3.8, 4) is 0 Å². The second kappa shape index (κ2) is 4.07. The molecule has 0 N–H and O–H groups in total. The predicted molar refractivity (Wildman–Crippen MR) is 58.7 cm³/mol. The highest BCUT2D eigenvalue weighted by Crippen LogP contribution is 2.33. The lowest BCUT2D eigenvalue weighted by Crippen LogP contribution is -2.39. The Labute approximate surface area is 96.3 Å². The van der Waals surface area contributed by atoms with E-state index in [1.807, 2.05) is 34.6 Å². The third kappa shape index (κ3) is 2.36. The van der Waals surface area contributed by atoms with Gasteiger partial charge in [-0.1, -0.05) is 20.8 Å². The van der Waals surface area contributed by atoms with E-state index in [2.05, 4.69) is 0 Å². The fraction of sp³-hybridized carbons (Fsp3) is 0.833. The first-order valence-corrected chi connectivity index (χ1v) is 5.58. The molecule has 1 saturated heterocycles. The van der Waals surface area contributed by atoms with Crippen molar-refractivity contribution < 1.29 is 19.1 Å². The lowest BCUT2D eigenvalue weighted by atomic mass is 9.88. The minimum atomic E-state index is -0.772. The number of cyclic esters (lactones) is 1. The molecule has 1 fully saturated rings. The lowest BCUT2D eigenvalue weighted by Gasteiger charge is -2.27. The van der Waals surface area contributed by atoms with Gasteiger partial charge in [0.05, 0.1) is 5.41 Å². The fourth-order valence-corrected chi connectivity index (χ4v) is 1.35. The smallest absolute Gasteiger partial charge is 0.348 e. The molecule has 0 aliphatic carbocycles. The van der Waals surface area contributed by atoms with Crippen LogP contribution in [0.15, 0.2) is 0 Å². The van der Waals surface area contributed by atoms with Gasteiger partial charge < -0.3 is 9.47 Å². The van der Waals surface area contributed by atoms with E-state index in [0.29, 0.717) is 13.0 Å². The molecule has 4 heteroatoms. The standard InChI is InChI=1S/C12H20O4/c1-6-11(2,3)10(14)16-8-9(13)15-7-12(8,4)5/h8H,6-7H2,1-5H3/t8-/m0/s1. The minimum Gasteiger partial charge on any atom is -0.462 e. The van der Waals surface area contributed by atoms with Crippen LogP contribution >= 0.6 is 0 Å². The lowest BCUT2D eigenvalue weighted by molar-refractivity contribution is -0.170. The number of ether oxygens (including phenoxy) is 2. The number of carbonyl (C=O) groups is 2. The summed E-state index contributed by atoms with van der Waals surface area (Å²) in [5.74, 6) is -0.780. The summed E-state index contributed by atoms with van der Waals surface area (Å²) in [5, 5.41) is 0. The van der Waals surface area contributed by atoms with Crippen LogP contribution in [-0.4, -0.2) is 24.6 Å². The molecule has 1 rings (SSSR count). The molecule has 4 nitrogen and oxygen atoms in total. The quantitative estimate of drug-likeness (QED) is 0.692. The molecule has 0 amide bonds. The number of carbonyl (C=O) groups excluding carboxylic acids is 2. The van der Waals surface area contributed by atoms with Crippen molar-refractivity contribution in [2.45, 2.75) is 47.1 Å². The summed E-state index contributed by atoms with van der Waals surface area (Å²) in [6, 6.07) is 0. The second-order valence-electron chi connectivity index (χ2n) is 5.62. The van der Waals surface area contributed by atoms with E-state index in [4.69, 9.17) is 9.47 Å². The number of hydrogen-bond donors (Lipinski definition) is 0. The van der Waals surface area contributed by atoms with Gasteiger partial charge in [0.1, 0.15) is 6.61 Å². The van der Waals surface area contributed by atoms with Crippen molar-refractivity contribution in [2.75, 3.05) is 6.61 Å². The number of hydrogen-bond acceptors (Lipinski definition) is 4. The molecular formula is C12H20O4. The SMILES string of the molecule is CCC(C)(C)C(=O)O[C@H]1C(=O)OCC1(C)C. The third-order valence-corrected chi connectivity index (χ3v) is 3.17. The maximum Gasteiger partial charge on any atom is 0.348 e. The van der Waals surface area contributed by atoms with Crippen LogP contribution in [0.3, 0.4) is 0 Å². The van der Waals surface area contributed by atoms with Gasteiger partial charge in [-0.15, -0.1) is 0 Å². The van der Waals surface area contributed by atoms with Crippen molar-refractivity contribution in [3.63, 3.8) is 0 Å². The molecule has 1 atom stereocenters. The van der Waals surface area contributed by atoms with Gasteiger partial charge in [0.2, 0.25) is 6.10 Å². The zero-order chi connectivity index (χ0) is 12.6. The van der Waals surface area contributed by atoms with E-state index in [1.165, 1.54) is 0 Å². The molecule has 92 valence electrons. The molecule has 0 aromatic carbocycles. The van der Waals surface area contributed by atoms with Crippen LogP contribution in [0, 0.1) is 10.8 Å². The van der Waals surface area contributed by atoms with Crippen LogP contribution in [0.2, 0.25) is 0 Å². The summed E-state index contributed by atoms with van der Waals surface area (Å²) in [7, 11) is 0. The molecule has 1 aliphatic rings. The Bertz CT molecular complexity index is 304. The largest absolute Gasteiger partial charge is 0.462 e. The van der Waals surface area contributed by atoms with Crippen molar-refractivity contribution in [1.82, 2.24) is 0 Å². The van der Waals surface area contributed by atoms with Crippen molar-refractivity contribution in [1.29, 1.82) is 0 Å². The molecule has 0 spiro atoms. The van der Waals surface area contributed by atoms with Gasteiger partial charge in [0.25, 0.3) is 0 Å². The van der Waals surface area contributed by atoms with Crippen molar-refractivity contribution in [2.24, 2.45) is 10.8 Å². The van der Waals surface area contributed by atoms with E-state index in [0.717, 1.165) is 0 Å². The summed E-state index contributed by atoms with van der Waals surface area (Å²) in [6.45, 7) is 9.55. The van der Waals surface area contributed by atoms with E-state index in [9.17, 15) is 9.59 Å². The zero-order valence-corrected chi connectivity index (χ0v) is 10.6. The fourth-order valence-electron chi connectivity index (χ4n) is 1.35. The highest BCUT2D eigenvalue weighted by molar-refractivity contribution is 5.83. The molecule has 0 unspecified atom stereocenters. The Morgan fingerprint density at radius 3 is 2.50 bits per heavy atom. The van der Waals surface area contributed by atoms with Crippen LogP contribution in [0.4, 0.5) is 0 Å². The second-order valence-corrected chi connectivity index (χ2v) is 5.62. The summed E-state index contributed by atoms with van der Waals surface area (Å²) in [4.78, 5) is 23.3. The molecule has 0 saturated carbocycles. The maximum absolute atomic E-state index is 11.9. The Balaban J connectivity index is 2.74. The molecular weight excluding hydrogens is 208 g/mol. The van der Waals surface area contributed by atoms with Crippen molar-refractivity contribution in [3.05, 3.63) is 0 Å². The van der Waals surface area contributed by atoms with Crippen molar-refractivity contribution >= 4 is 11.9 Å². The highest BCUT2D eigenvalue weighted by atomic mass is 16.6. The van der Waals surface area contributed by atoms with Gasteiger partial charge in [-0.05, 0) is 20.3 Å². The Hall–Kier alpha value is -1.06. The van der Waals surface area contributed by atoms with Gasteiger partial charge in [0.15, 0.2) is 0 Å². The minimum absolute atomic E-state index is 0.302. The molecule has 0 bridgehead atoms. The van der Waals surface area contributed by atoms with E-state index < -0.39 is 22.9 Å². The average molecular weight is 228 g/mol.